The third-order valence-corrected chi connectivity index (χ3v) is 3.52. The number of H-pyrrole nitrogens is 1. The molecule has 5 heteroatoms. The number of aromatic amines is 1. The molecule has 102 valence electrons. The highest BCUT2D eigenvalue weighted by Crippen LogP contribution is 2.25. The van der Waals surface area contributed by atoms with Crippen LogP contribution in [0.25, 0.3) is 16.7 Å². The lowest BCUT2D eigenvalue weighted by atomic mass is 10.2. The molecular weight excluding hydrogens is 275 g/mol. The second kappa shape index (κ2) is 4.76. The van der Waals surface area contributed by atoms with Gasteiger partial charge in [-0.25, -0.2) is 4.39 Å². The van der Waals surface area contributed by atoms with Gasteiger partial charge in [-0.15, -0.1) is 0 Å². The Labute approximate surface area is 120 Å². The molecule has 0 atom stereocenters. The van der Waals surface area contributed by atoms with Crippen LogP contribution in [0.5, 0.6) is 5.75 Å². The number of ether oxygens (including phenoxy) is 1. The zero-order valence-corrected chi connectivity index (χ0v) is 11.9. The van der Waals surface area contributed by atoms with Gasteiger partial charge in [-0.2, -0.15) is 0 Å². The molecule has 1 N–H and O–H groups in total. The van der Waals surface area contributed by atoms with Crippen molar-refractivity contribution in [1.82, 2.24) is 9.55 Å². The minimum absolute atomic E-state index is 0.200. The van der Waals surface area contributed by atoms with Gasteiger partial charge in [-0.3, -0.25) is 4.57 Å². The van der Waals surface area contributed by atoms with E-state index in [1.165, 1.54) is 13.2 Å². The second-order valence-corrected chi connectivity index (χ2v) is 4.99. The molecule has 0 amide bonds. The normalized spacial score (nSPS) is 10.9. The summed E-state index contributed by atoms with van der Waals surface area (Å²) in [6, 6.07) is 10.7. The van der Waals surface area contributed by atoms with E-state index in [0.29, 0.717) is 4.77 Å². The molecule has 0 saturated heterocycles. The van der Waals surface area contributed by atoms with E-state index in [1.807, 2.05) is 29.7 Å². The number of hydrogen-bond donors (Lipinski definition) is 1. The maximum Gasteiger partial charge on any atom is 0.182 e. The van der Waals surface area contributed by atoms with Gasteiger partial charge in [0.1, 0.15) is 0 Å². The van der Waals surface area contributed by atoms with Crippen molar-refractivity contribution in [1.29, 1.82) is 0 Å². The second-order valence-electron chi connectivity index (χ2n) is 4.61. The molecule has 3 rings (SSSR count). The molecule has 0 unspecified atom stereocenters. The van der Waals surface area contributed by atoms with E-state index in [9.17, 15) is 4.39 Å². The molecule has 0 aliphatic heterocycles. The Morgan fingerprint density at radius 3 is 2.75 bits per heavy atom. The molecule has 0 fully saturated rings. The maximum atomic E-state index is 13.5. The minimum atomic E-state index is -0.390. The van der Waals surface area contributed by atoms with E-state index >= 15 is 0 Å². The monoisotopic (exact) mass is 288 g/mol. The zero-order valence-electron chi connectivity index (χ0n) is 11.1. The highest BCUT2D eigenvalue weighted by molar-refractivity contribution is 7.71. The highest BCUT2D eigenvalue weighted by atomic mass is 32.1. The number of fused-ring (bicyclic) bond motifs is 1. The van der Waals surface area contributed by atoms with Gasteiger partial charge in [0, 0.05) is 6.07 Å². The maximum absolute atomic E-state index is 13.5. The first kappa shape index (κ1) is 12.9. The Hall–Kier alpha value is -2.14. The summed E-state index contributed by atoms with van der Waals surface area (Å²) in [7, 11) is 1.45. The molecule has 3 aromatic rings. The summed E-state index contributed by atoms with van der Waals surface area (Å²) >= 11 is 5.36. The predicted octanol–water partition coefficient (Wildman–Crippen LogP) is 4.14. The number of hydrogen-bond acceptors (Lipinski definition) is 2. The fourth-order valence-corrected chi connectivity index (χ4v) is 2.57. The van der Waals surface area contributed by atoms with Crippen molar-refractivity contribution in [2.45, 2.75) is 6.92 Å². The van der Waals surface area contributed by atoms with Gasteiger partial charge in [0.25, 0.3) is 0 Å². The number of aryl methyl sites for hydroxylation is 1. The lowest BCUT2D eigenvalue weighted by Gasteiger charge is -2.08. The van der Waals surface area contributed by atoms with Crippen molar-refractivity contribution in [3.8, 4) is 11.4 Å². The molecule has 0 aliphatic carbocycles. The fourth-order valence-electron chi connectivity index (χ4n) is 2.26. The molecule has 1 heterocycles. The van der Waals surface area contributed by atoms with E-state index in [4.69, 9.17) is 17.0 Å². The van der Waals surface area contributed by atoms with Crippen LogP contribution in [0.3, 0.4) is 0 Å². The minimum Gasteiger partial charge on any atom is -0.494 e. The van der Waals surface area contributed by atoms with Crippen LogP contribution in [0.2, 0.25) is 0 Å². The molecule has 0 aliphatic rings. The third kappa shape index (κ3) is 2.00. The van der Waals surface area contributed by atoms with Crippen LogP contribution in [0.1, 0.15) is 5.56 Å². The summed E-state index contributed by atoms with van der Waals surface area (Å²) in [5.74, 6) is -0.190. The van der Waals surface area contributed by atoms with Gasteiger partial charge in [-0.1, -0.05) is 6.07 Å². The van der Waals surface area contributed by atoms with Gasteiger partial charge in [0.05, 0.1) is 23.8 Å². The fraction of sp³-hybridized carbons (Fsp3) is 0.133. The summed E-state index contributed by atoms with van der Waals surface area (Å²) in [5.41, 5.74) is 3.81. The van der Waals surface area contributed by atoms with Gasteiger partial charge in [0.15, 0.2) is 16.3 Å². The standard InChI is InChI=1S/C15H13FN2OS/c1-9-3-6-12-13(7-9)18(15(20)17-12)10-4-5-11(16)14(8-10)19-2/h3-8H,1-2H3,(H,17,20). The number of rotatable bonds is 2. The molecule has 2 aromatic carbocycles. The number of imidazole rings is 1. The quantitative estimate of drug-likeness (QED) is 0.718. The van der Waals surface area contributed by atoms with E-state index in [1.54, 1.807) is 12.1 Å². The first-order valence-electron chi connectivity index (χ1n) is 6.15. The van der Waals surface area contributed by atoms with Gasteiger partial charge >= 0.3 is 0 Å². The Kier molecular flexibility index (Phi) is 3.06. The number of nitrogens with one attached hydrogen (secondary N) is 1. The van der Waals surface area contributed by atoms with E-state index in [2.05, 4.69) is 4.98 Å². The largest absolute Gasteiger partial charge is 0.494 e. The summed E-state index contributed by atoms with van der Waals surface area (Å²) in [6.07, 6.45) is 0. The molecule has 3 nitrogen and oxygen atoms in total. The Morgan fingerprint density at radius 2 is 2.00 bits per heavy atom. The zero-order chi connectivity index (χ0) is 14.3. The van der Waals surface area contributed by atoms with Crippen LogP contribution in [0.15, 0.2) is 36.4 Å². The molecule has 20 heavy (non-hydrogen) atoms. The van der Waals surface area contributed by atoms with Crippen LogP contribution in [0.4, 0.5) is 4.39 Å². The first-order valence-corrected chi connectivity index (χ1v) is 6.56. The van der Waals surface area contributed by atoms with Crippen LogP contribution in [-0.2, 0) is 0 Å². The predicted molar refractivity (Wildman–Crippen MR) is 79.7 cm³/mol. The van der Waals surface area contributed by atoms with Gasteiger partial charge < -0.3 is 9.72 Å². The average molecular weight is 288 g/mol. The number of benzene rings is 2. The van der Waals surface area contributed by atoms with Crippen molar-refractivity contribution >= 4 is 23.3 Å². The van der Waals surface area contributed by atoms with Crippen molar-refractivity contribution in [2.75, 3.05) is 7.11 Å². The molecular formula is C15H13FN2OS. The summed E-state index contributed by atoms with van der Waals surface area (Å²) in [4.78, 5) is 3.15. The highest BCUT2D eigenvalue weighted by Gasteiger charge is 2.10. The number of aromatic nitrogens is 2. The summed E-state index contributed by atoms with van der Waals surface area (Å²) in [6.45, 7) is 2.02. The first-order chi connectivity index (χ1) is 9.60. The molecule has 0 bridgehead atoms. The summed E-state index contributed by atoms with van der Waals surface area (Å²) in [5, 5.41) is 0. The van der Waals surface area contributed by atoms with Crippen molar-refractivity contribution in [2.24, 2.45) is 0 Å². The smallest absolute Gasteiger partial charge is 0.182 e. The van der Waals surface area contributed by atoms with Gasteiger partial charge in [-0.05, 0) is 49.0 Å². The number of methoxy groups -OCH3 is 1. The Morgan fingerprint density at radius 1 is 1.20 bits per heavy atom. The number of nitrogens with zero attached hydrogens (tertiary/aromatic N) is 1. The third-order valence-electron chi connectivity index (χ3n) is 3.23. The number of halogens is 1. The van der Waals surface area contributed by atoms with E-state index < -0.39 is 5.82 Å². The molecule has 1 aromatic heterocycles. The van der Waals surface area contributed by atoms with Crippen LogP contribution in [-0.4, -0.2) is 16.7 Å². The van der Waals surface area contributed by atoms with Crippen LogP contribution in [0, 0.1) is 17.5 Å². The van der Waals surface area contributed by atoms with Crippen molar-refractivity contribution < 1.29 is 9.13 Å². The Balaban J connectivity index is 2.31. The van der Waals surface area contributed by atoms with E-state index in [-0.39, 0.29) is 5.75 Å². The van der Waals surface area contributed by atoms with Crippen LogP contribution < -0.4 is 4.74 Å². The summed E-state index contributed by atoms with van der Waals surface area (Å²) < 4.78 is 21.0. The lowest BCUT2D eigenvalue weighted by molar-refractivity contribution is 0.386. The van der Waals surface area contributed by atoms with Crippen molar-refractivity contribution in [3.05, 3.63) is 52.5 Å². The molecule has 0 spiro atoms. The SMILES string of the molecule is COc1cc(-n2c(=S)[nH]c3ccc(C)cc32)ccc1F. The molecule has 0 saturated carbocycles. The van der Waals surface area contributed by atoms with Crippen LogP contribution >= 0.6 is 12.2 Å². The van der Waals surface area contributed by atoms with Gasteiger partial charge in [0.2, 0.25) is 0 Å². The lowest BCUT2D eigenvalue weighted by Crippen LogP contribution is -1.96. The molecule has 0 radical (unpaired) electrons. The Bertz CT molecular complexity index is 851. The van der Waals surface area contributed by atoms with E-state index in [0.717, 1.165) is 22.3 Å². The average Bonchev–Trinajstić information content (AvgIpc) is 2.75. The van der Waals surface area contributed by atoms with Crippen molar-refractivity contribution in [3.63, 3.8) is 0 Å². The topological polar surface area (TPSA) is 29.9 Å².